The second kappa shape index (κ2) is 5.65. The Labute approximate surface area is 103 Å². The summed E-state index contributed by atoms with van der Waals surface area (Å²) in [6.07, 6.45) is 5.05. The third-order valence-electron chi connectivity index (χ3n) is 3.42. The van der Waals surface area contributed by atoms with Gasteiger partial charge in [-0.3, -0.25) is 0 Å². The number of imidazole rings is 1. The Balaban J connectivity index is 1.99. The molecule has 0 saturated carbocycles. The van der Waals surface area contributed by atoms with Crippen molar-refractivity contribution < 1.29 is 4.74 Å². The molecule has 1 atom stereocenters. The summed E-state index contributed by atoms with van der Waals surface area (Å²) in [6.45, 7) is 3.74. The lowest BCUT2D eigenvalue weighted by Crippen LogP contribution is -2.28. The van der Waals surface area contributed by atoms with Crippen molar-refractivity contribution in [3.63, 3.8) is 0 Å². The number of hydrogen-bond acceptors (Lipinski definition) is 3. The molecule has 2 rings (SSSR count). The maximum atomic E-state index is 5.97. The largest absolute Gasteiger partial charge is 0.381 e. The summed E-state index contributed by atoms with van der Waals surface area (Å²) in [5.41, 5.74) is 8.55. The summed E-state index contributed by atoms with van der Waals surface area (Å²) >= 11 is 0. The van der Waals surface area contributed by atoms with E-state index < -0.39 is 0 Å². The van der Waals surface area contributed by atoms with Crippen molar-refractivity contribution in [3.05, 3.63) is 17.2 Å². The predicted octanol–water partition coefficient (Wildman–Crippen LogP) is 1.21. The van der Waals surface area contributed by atoms with E-state index in [4.69, 9.17) is 15.5 Å². The Hall–Kier alpha value is -0.870. The van der Waals surface area contributed by atoms with Crippen molar-refractivity contribution in [1.29, 1.82) is 0 Å². The van der Waals surface area contributed by atoms with Crippen molar-refractivity contribution in [2.24, 2.45) is 12.8 Å². The first-order valence-corrected chi connectivity index (χ1v) is 6.59. The standard InChI is InChI=1S/C13H23N3O/c1-3-7-17-8-6-13-15-11-9-10(14)4-5-12(11)16(13)2/h10H,3-9,14H2,1-2H3. The zero-order chi connectivity index (χ0) is 12.3. The molecular formula is C13H23N3O. The molecule has 1 aromatic rings. The van der Waals surface area contributed by atoms with Crippen LogP contribution in [0.1, 0.15) is 37.0 Å². The van der Waals surface area contributed by atoms with E-state index in [0.717, 1.165) is 51.1 Å². The smallest absolute Gasteiger partial charge is 0.111 e. The molecule has 1 unspecified atom stereocenters. The molecule has 1 aliphatic carbocycles. The van der Waals surface area contributed by atoms with Gasteiger partial charge in [-0.05, 0) is 19.3 Å². The fraction of sp³-hybridized carbons (Fsp3) is 0.769. The molecule has 4 nitrogen and oxygen atoms in total. The monoisotopic (exact) mass is 237 g/mol. The van der Waals surface area contributed by atoms with Gasteiger partial charge in [0.2, 0.25) is 0 Å². The molecule has 2 N–H and O–H groups in total. The molecule has 4 heteroatoms. The molecule has 0 spiro atoms. The second-order valence-corrected chi connectivity index (χ2v) is 4.85. The van der Waals surface area contributed by atoms with Crippen molar-refractivity contribution in [2.45, 2.75) is 45.1 Å². The summed E-state index contributed by atoms with van der Waals surface area (Å²) in [7, 11) is 2.11. The number of rotatable bonds is 5. The Bertz CT molecular complexity index is 373. The molecule has 0 aromatic carbocycles. The topological polar surface area (TPSA) is 53.1 Å². The highest BCUT2D eigenvalue weighted by atomic mass is 16.5. The van der Waals surface area contributed by atoms with Crippen LogP contribution >= 0.6 is 0 Å². The highest BCUT2D eigenvalue weighted by Gasteiger charge is 2.21. The van der Waals surface area contributed by atoms with Crippen molar-refractivity contribution in [3.8, 4) is 0 Å². The van der Waals surface area contributed by atoms with Gasteiger partial charge >= 0.3 is 0 Å². The van der Waals surface area contributed by atoms with E-state index in [2.05, 4.69) is 18.5 Å². The van der Waals surface area contributed by atoms with Gasteiger partial charge in [0.05, 0.1) is 12.3 Å². The van der Waals surface area contributed by atoms with Crippen molar-refractivity contribution >= 4 is 0 Å². The van der Waals surface area contributed by atoms with E-state index in [1.165, 1.54) is 11.4 Å². The van der Waals surface area contributed by atoms with Gasteiger partial charge in [0.15, 0.2) is 0 Å². The summed E-state index contributed by atoms with van der Waals surface area (Å²) in [6, 6.07) is 0.293. The number of aromatic nitrogens is 2. The molecule has 0 radical (unpaired) electrons. The summed E-state index contributed by atoms with van der Waals surface area (Å²) in [5.74, 6) is 1.14. The molecule has 1 heterocycles. The van der Waals surface area contributed by atoms with Gasteiger partial charge in [-0.15, -0.1) is 0 Å². The third kappa shape index (κ3) is 2.87. The van der Waals surface area contributed by atoms with Crippen LogP contribution in [-0.2, 0) is 31.0 Å². The molecule has 0 bridgehead atoms. The van der Waals surface area contributed by atoms with E-state index in [1.807, 2.05) is 0 Å². The summed E-state index contributed by atoms with van der Waals surface area (Å²) in [5, 5.41) is 0. The summed E-state index contributed by atoms with van der Waals surface area (Å²) < 4.78 is 7.75. The van der Waals surface area contributed by atoms with Gasteiger partial charge in [-0.2, -0.15) is 0 Å². The van der Waals surface area contributed by atoms with Crippen LogP contribution in [0.4, 0.5) is 0 Å². The fourth-order valence-electron chi connectivity index (χ4n) is 2.43. The number of ether oxygens (including phenoxy) is 1. The maximum absolute atomic E-state index is 5.97. The average Bonchev–Trinajstić information content (AvgIpc) is 2.61. The number of hydrogen-bond donors (Lipinski definition) is 1. The van der Waals surface area contributed by atoms with Crippen LogP contribution < -0.4 is 5.73 Å². The van der Waals surface area contributed by atoms with E-state index in [0.29, 0.717) is 6.04 Å². The van der Waals surface area contributed by atoms with Gasteiger partial charge in [-0.25, -0.2) is 4.98 Å². The van der Waals surface area contributed by atoms with Gasteiger partial charge in [-0.1, -0.05) is 6.92 Å². The predicted molar refractivity (Wildman–Crippen MR) is 68.0 cm³/mol. The van der Waals surface area contributed by atoms with Gasteiger partial charge < -0.3 is 15.0 Å². The Morgan fingerprint density at radius 1 is 1.47 bits per heavy atom. The number of nitrogens with two attached hydrogens (primary N) is 1. The number of fused-ring (bicyclic) bond motifs is 1. The summed E-state index contributed by atoms with van der Waals surface area (Å²) in [4.78, 5) is 4.70. The quantitative estimate of drug-likeness (QED) is 0.783. The van der Waals surface area contributed by atoms with Crippen molar-refractivity contribution in [2.75, 3.05) is 13.2 Å². The van der Waals surface area contributed by atoms with Gasteiger partial charge in [0.25, 0.3) is 0 Å². The lowest BCUT2D eigenvalue weighted by molar-refractivity contribution is 0.136. The number of nitrogens with zero attached hydrogens (tertiary/aromatic N) is 2. The van der Waals surface area contributed by atoms with Crippen LogP contribution in [0.3, 0.4) is 0 Å². The first kappa shape index (κ1) is 12.6. The maximum Gasteiger partial charge on any atom is 0.111 e. The van der Waals surface area contributed by atoms with Gasteiger partial charge in [0, 0.05) is 38.2 Å². The van der Waals surface area contributed by atoms with Gasteiger partial charge in [0.1, 0.15) is 5.82 Å². The first-order chi connectivity index (χ1) is 8.22. The van der Waals surface area contributed by atoms with Crippen LogP contribution in [0.2, 0.25) is 0 Å². The van der Waals surface area contributed by atoms with Crippen molar-refractivity contribution in [1.82, 2.24) is 9.55 Å². The van der Waals surface area contributed by atoms with Crippen LogP contribution in [0, 0.1) is 0 Å². The Morgan fingerprint density at radius 2 is 2.29 bits per heavy atom. The average molecular weight is 237 g/mol. The molecule has 0 fully saturated rings. The molecule has 96 valence electrons. The Kier molecular flexibility index (Phi) is 4.18. The fourth-order valence-corrected chi connectivity index (χ4v) is 2.43. The molecule has 1 aliphatic rings. The minimum absolute atomic E-state index is 0.293. The normalized spacial score (nSPS) is 19.4. The first-order valence-electron chi connectivity index (χ1n) is 6.59. The molecule has 0 saturated heterocycles. The lowest BCUT2D eigenvalue weighted by Gasteiger charge is -2.17. The van der Waals surface area contributed by atoms with Crippen LogP contribution in [0.25, 0.3) is 0 Å². The molecule has 0 aliphatic heterocycles. The molecule has 17 heavy (non-hydrogen) atoms. The highest BCUT2D eigenvalue weighted by Crippen LogP contribution is 2.21. The van der Waals surface area contributed by atoms with E-state index >= 15 is 0 Å². The minimum Gasteiger partial charge on any atom is -0.381 e. The van der Waals surface area contributed by atoms with E-state index in [1.54, 1.807) is 0 Å². The zero-order valence-electron chi connectivity index (χ0n) is 10.9. The zero-order valence-corrected chi connectivity index (χ0v) is 10.9. The lowest BCUT2D eigenvalue weighted by atomic mass is 9.97. The highest BCUT2D eigenvalue weighted by molar-refractivity contribution is 5.21. The van der Waals surface area contributed by atoms with E-state index in [-0.39, 0.29) is 0 Å². The second-order valence-electron chi connectivity index (χ2n) is 4.85. The van der Waals surface area contributed by atoms with E-state index in [9.17, 15) is 0 Å². The molecule has 0 amide bonds. The Morgan fingerprint density at radius 3 is 3.06 bits per heavy atom. The minimum atomic E-state index is 0.293. The van der Waals surface area contributed by atoms with Crippen LogP contribution in [0.15, 0.2) is 0 Å². The molecule has 1 aromatic heterocycles. The third-order valence-corrected chi connectivity index (χ3v) is 3.42. The SMILES string of the molecule is CCCOCCc1nc2c(n1C)CCC(N)C2. The van der Waals surface area contributed by atoms with Crippen LogP contribution in [-0.4, -0.2) is 28.8 Å². The van der Waals surface area contributed by atoms with Crippen LogP contribution in [0.5, 0.6) is 0 Å². The molecular weight excluding hydrogens is 214 g/mol.